The zero-order chi connectivity index (χ0) is 14.8. The lowest BCUT2D eigenvalue weighted by Gasteiger charge is -2.26. The third-order valence-electron chi connectivity index (χ3n) is 4.23. The van der Waals surface area contributed by atoms with Crippen molar-refractivity contribution in [1.82, 2.24) is 10.2 Å². The summed E-state index contributed by atoms with van der Waals surface area (Å²) in [6, 6.07) is 6.34. The van der Waals surface area contributed by atoms with Gasteiger partial charge in [0.25, 0.3) is 0 Å². The third-order valence-corrected chi connectivity index (χ3v) is 4.97. The minimum Gasteiger partial charge on any atom is -0.338 e. The number of hydrogen-bond acceptors (Lipinski definition) is 2. The Kier molecular flexibility index (Phi) is 4.72. The van der Waals surface area contributed by atoms with Crippen molar-refractivity contribution >= 4 is 29.1 Å². The highest BCUT2D eigenvalue weighted by Crippen LogP contribution is 2.29. The topological polar surface area (TPSA) is 32.3 Å². The maximum Gasteiger partial charge on any atom is 0.227 e. The van der Waals surface area contributed by atoms with Crippen molar-refractivity contribution in [2.45, 2.75) is 44.2 Å². The van der Waals surface area contributed by atoms with Gasteiger partial charge in [0.1, 0.15) is 0 Å². The average Bonchev–Trinajstić information content (AvgIpc) is 3.16. The maximum atomic E-state index is 12.6. The second-order valence-electron chi connectivity index (χ2n) is 6.00. The first-order valence-electron chi connectivity index (χ1n) is 7.60. The second-order valence-corrected chi connectivity index (χ2v) is 6.81. The molecule has 5 heteroatoms. The SMILES string of the molecule is O=C(Cc1ccc(Cl)c(Cl)c1)N(CC1CCCN1)C1CC1. The molecule has 1 atom stereocenters. The van der Waals surface area contributed by atoms with Crippen LogP contribution < -0.4 is 5.32 Å². The first-order valence-corrected chi connectivity index (χ1v) is 8.36. The zero-order valence-electron chi connectivity index (χ0n) is 11.9. The molecule has 1 unspecified atom stereocenters. The quantitative estimate of drug-likeness (QED) is 0.900. The highest BCUT2D eigenvalue weighted by Gasteiger charge is 2.34. The Hall–Kier alpha value is -0.770. The Labute approximate surface area is 135 Å². The Balaban J connectivity index is 1.64. The summed E-state index contributed by atoms with van der Waals surface area (Å²) in [4.78, 5) is 14.7. The smallest absolute Gasteiger partial charge is 0.227 e. The van der Waals surface area contributed by atoms with E-state index >= 15 is 0 Å². The van der Waals surface area contributed by atoms with Crippen LogP contribution in [0.1, 0.15) is 31.2 Å². The van der Waals surface area contributed by atoms with Crippen LogP contribution >= 0.6 is 23.2 Å². The summed E-state index contributed by atoms with van der Waals surface area (Å²) in [6.45, 7) is 1.91. The molecule has 1 aliphatic carbocycles. The maximum absolute atomic E-state index is 12.6. The standard InChI is InChI=1S/C16H20Cl2N2O/c17-14-6-3-11(8-15(14)18)9-16(21)20(13-4-5-13)10-12-2-1-7-19-12/h3,6,8,12-13,19H,1-2,4-5,7,9-10H2. The predicted molar refractivity (Wildman–Crippen MR) is 85.9 cm³/mol. The fraction of sp³-hybridized carbons (Fsp3) is 0.562. The summed E-state index contributed by atoms with van der Waals surface area (Å²) >= 11 is 11.9. The number of hydrogen-bond donors (Lipinski definition) is 1. The number of nitrogens with one attached hydrogen (secondary N) is 1. The normalized spacial score (nSPS) is 21.5. The molecule has 2 aliphatic rings. The van der Waals surface area contributed by atoms with Crippen LogP contribution in [0.4, 0.5) is 0 Å². The number of benzene rings is 1. The van der Waals surface area contributed by atoms with Crippen LogP contribution in [0.5, 0.6) is 0 Å². The van der Waals surface area contributed by atoms with E-state index in [0.717, 1.165) is 31.5 Å². The lowest BCUT2D eigenvalue weighted by atomic mass is 10.1. The van der Waals surface area contributed by atoms with Crippen molar-refractivity contribution in [2.24, 2.45) is 0 Å². The molecule has 0 aromatic heterocycles. The summed E-state index contributed by atoms with van der Waals surface area (Å²) in [5.41, 5.74) is 0.930. The van der Waals surface area contributed by atoms with Gasteiger partial charge in [-0.05, 0) is 49.9 Å². The number of amides is 1. The van der Waals surface area contributed by atoms with Crippen molar-refractivity contribution in [3.8, 4) is 0 Å². The molecule has 0 spiro atoms. The fourth-order valence-corrected chi connectivity index (χ4v) is 3.24. The average molecular weight is 327 g/mol. The van der Waals surface area contributed by atoms with Crippen molar-refractivity contribution in [3.63, 3.8) is 0 Å². The van der Waals surface area contributed by atoms with Gasteiger partial charge in [0.2, 0.25) is 5.91 Å². The molecule has 21 heavy (non-hydrogen) atoms. The molecule has 0 radical (unpaired) electrons. The molecule has 1 aromatic rings. The van der Waals surface area contributed by atoms with E-state index in [-0.39, 0.29) is 5.91 Å². The van der Waals surface area contributed by atoms with E-state index in [0.29, 0.717) is 28.5 Å². The molecule has 1 saturated carbocycles. The van der Waals surface area contributed by atoms with E-state index in [9.17, 15) is 4.79 Å². The number of nitrogens with zero attached hydrogens (tertiary/aromatic N) is 1. The van der Waals surface area contributed by atoms with Gasteiger partial charge < -0.3 is 10.2 Å². The van der Waals surface area contributed by atoms with Crippen molar-refractivity contribution in [1.29, 1.82) is 0 Å². The van der Waals surface area contributed by atoms with Crippen molar-refractivity contribution < 1.29 is 4.79 Å². The highest BCUT2D eigenvalue weighted by molar-refractivity contribution is 6.42. The predicted octanol–water partition coefficient (Wildman–Crippen LogP) is 3.28. The molecule has 1 amide bonds. The van der Waals surface area contributed by atoms with Gasteiger partial charge in [0.15, 0.2) is 0 Å². The van der Waals surface area contributed by atoms with Gasteiger partial charge in [-0.25, -0.2) is 0 Å². The summed E-state index contributed by atoms with van der Waals surface area (Å²) < 4.78 is 0. The van der Waals surface area contributed by atoms with E-state index in [4.69, 9.17) is 23.2 Å². The number of carbonyl (C=O) groups excluding carboxylic acids is 1. The van der Waals surface area contributed by atoms with Crippen molar-refractivity contribution in [3.05, 3.63) is 33.8 Å². The Morgan fingerprint density at radius 1 is 1.24 bits per heavy atom. The molecule has 2 fully saturated rings. The van der Waals surface area contributed by atoms with Crippen LogP contribution in [0.2, 0.25) is 10.0 Å². The fourth-order valence-electron chi connectivity index (χ4n) is 2.92. The molecule has 0 bridgehead atoms. The number of halogens is 2. The molecule has 1 aliphatic heterocycles. The molecule has 114 valence electrons. The van der Waals surface area contributed by atoms with Gasteiger partial charge in [-0.3, -0.25) is 4.79 Å². The van der Waals surface area contributed by atoms with Crippen molar-refractivity contribution in [2.75, 3.05) is 13.1 Å². The third kappa shape index (κ3) is 3.91. The minimum absolute atomic E-state index is 0.199. The second kappa shape index (κ2) is 6.55. The first-order chi connectivity index (χ1) is 10.1. The van der Waals surface area contributed by atoms with Crippen LogP contribution in [-0.4, -0.2) is 36.0 Å². The summed E-state index contributed by atoms with van der Waals surface area (Å²) in [7, 11) is 0. The van der Waals surface area contributed by atoms with Gasteiger partial charge in [-0.1, -0.05) is 29.3 Å². The molecular formula is C16H20Cl2N2O. The van der Waals surface area contributed by atoms with Crippen LogP contribution in [0.15, 0.2) is 18.2 Å². The van der Waals surface area contributed by atoms with E-state index in [1.54, 1.807) is 12.1 Å². The highest BCUT2D eigenvalue weighted by atomic mass is 35.5. The molecule has 1 saturated heterocycles. The zero-order valence-corrected chi connectivity index (χ0v) is 13.5. The van der Waals surface area contributed by atoms with Gasteiger partial charge in [0.05, 0.1) is 16.5 Å². The first kappa shape index (κ1) is 15.1. The summed E-state index contributed by atoms with van der Waals surface area (Å²) in [6.07, 6.45) is 5.06. The van der Waals surface area contributed by atoms with Gasteiger partial charge in [0, 0.05) is 18.6 Å². The Morgan fingerprint density at radius 2 is 2.05 bits per heavy atom. The molecular weight excluding hydrogens is 307 g/mol. The summed E-state index contributed by atoms with van der Waals surface area (Å²) in [5, 5.41) is 4.51. The van der Waals surface area contributed by atoms with E-state index in [1.165, 1.54) is 12.8 Å². The lowest BCUT2D eigenvalue weighted by molar-refractivity contribution is -0.131. The van der Waals surface area contributed by atoms with Crippen LogP contribution in [-0.2, 0) is 11.2 Å². The molecule has 1 heterocycles. The largest absolute Gasteiger partial charge is 0.338 e. The summed E-state index contributed by atoms with van der Waals surface area (Å²) in [5.74, 6) is 0.199. The van der Waals surface area contributed by atoms with E-state index < -0.39 is 0 Å². The number of rotatable bonds is 5. The van der Waals surface area contributed by atoms with Gasteiger partial charge >= 0.3 is 0 Å². The number of carbonyl (C=O) groups is 1. The van der Waals surface area contributed by atoms with E-state index in [2.05, 4.69) is 10.2 Å². The van der Waals surface area contributed by atoms with Crippen LogP contribution in [0, 0.1) is 0 Å². The molecule has 1 aromatic carbocycles. The lowest BCUT2D eigenvalue weighted by Crippen LogP contribution is -2.43. The van der Waals surface area contributed by atoms with Crippen LogP contribution in [0.3, 0.4) is 0 Å². The molecule has 3 nitrogen and oxygen atoms in total. The Morgan fingerprint density at radius 3 is 2.67 bits per heavy atom. The van der Waals surface area contributed by atoms with E-state index in [1.807, 2.05) is 6.07 Å². The van der Waals surface area contributed by atoms with Gasteiger partial charge in [-0.15, -0.1) is 0 Å². The monoisotopic (exact) mass is 326 g/mol. The van der Waals surface area contributed by atoms with Crippen LogP contribution in [0.25, 0.3) is 0 Å². The minimum atomic E-state index is 0.199. The molecule has 1 N–H and O–H groups in total. The molecule has 3 rings (SSSR count). The Bertz CT molecular complexity index is 525. The van der Waals surface area contributed by atoms with Gasteiger partial charge in [-0.2, -0.15) is 0 Å².